The summed E-state index contributed by atoms with van der Waals surface area (Å²) in [6.07, 6.45) is 3.85. The zero-order valence-electron chi connectivity index (χ0n) is 15.9. The molecule has 0 radical (unpaired) electrons. The summed E-state index contributed by atoms with van der Waals surface area (Å²) in [7, 11) is 0. The summed E-state index contributed by atoms with van der Waals surface area (Å²) >= 11 is 0. The molecule has 0 aliphatic carbocycles. The van der Waals surface area contributed by atoms with Crippen LogP contribution < -0.4 is 5.32 Å². The maximum Gasteiger partial charge on any atom is 0.223 e. The fourth-order valence-corrected chi connectivity index (χ4v) is 3.68. The van der Waals surface area contributed by atoms with E-state index >= 15 is 0 Å². The first-order valence-electron chi connectivity index (χ1n) is 9.37. The quantitative estimate of drug-likeness (QED) is 0.727. The minimum Gasteiger partial charge on any atom is -0.459 e. The monoisotopic (exact) mass is 374 g/mol. The van der Waals surface area contributed by atoms with E-state index < -0.39 is 0 Å². The maximum absolute atomic E-state index is 12.8. The number of hydrogen-bond donors (Lipinski definition) is 1. The molecule has 142 valence electrons. The molecule has 2 atom stereocenters. The van der Waals surface area contributed by atoms with Gasteiger partial charge in [0.15, 0.2) is 0 Å². The molecular weight excluding hydrogens is 352 g/mol. The summed E-state index contributed by atoms with van der Waals surface area (Å²) in [5, 5.41) is 4.01. The summed E-state index contributed by atoms with van der Waals surface area (Å²) < 4.78 is 5.85. The second-order valence-electron chi connectivity index (χ2n) is 7.07. The van der Waals surface area contributed by atoms with Crippen LogP contribution in [0.2, 0.25) is 0 Å². The lowest BCUT2D eigenvalue weighted by molar-refractivity contribution is -0.130. The topological polar surface area (TPSA) is 62.6 Å². The predicted octanol–water partition coefficient (Wildman–Crippen LogP) is 4.57. The summed E-state index contributed by atoms with van der Waals surface area (Å²) in [6, 6.07) is 17.0. The number of rotatable bonds is 4. The normalized spacial score (nSPS) is 16.6. The number of fused-ring (bicyclic) bond motifs is 2. The Morgan fingerprint density at radius 3 is 2.68 bits per heavy atom. The maximum atomic E-state index is 12.8. The Morgan fingerprint density at radius 2 is 1.89 bits per heavy atom. The first-order valence-corrected chi connectivity index (χ1v) is 9.37. The first-order chi connectivity index (χ1) is 13.5. The van der Waals surface area contributed by atoms with E-state index in [-0.39, 0.29) is 30.3 Å². The summed E-state index contributed by atoms with van der Waals surface area (Å²) in [6.45, 7) is 3.41. The van der Waals surface area contributed by atoms with Crippen molar-refractivity contribution in [2.75, 3.05) is 0 Å². The van der Waals surface area contributed by atoms with Gasteiger partial charge in [0.1, 0.15) is 11.3 Å². The molecule has 1 aliphatic rings. The first kappa shape index (κ1) is 18.0. The van der Waals surface area contributed by atoms with E-state index in [4.69, 9.17) is 4.42 Å². The third-order valence-electron chi connectivity index (χ3n) is 5.10. The van der Waals surface area contributed by atoms with Gasteiger partial charge in [-0.1, -0.05) is 42.5 Å². The van der Waals surface area contributed by atoms with Crippen molar-refractivity contribution < 1.29 is 14.0 Å². The van der Waals surface area contributed by atoms with Crippen LogP contribution in [0.5, 0.6) is 0 Å². The predicted molar refractivity (Wildman–Crippen MR) is 108 cm³/mol. The molecule has 2 heterocycles. The largest absolute Gasteiger partial charge is 0.459 e. The van der Waals surface area contributed by atoms with E-state index in [1.54, 1.807) is 11.1 Å². The SMILES string of the molecule is CC(=O)N1C=Cc2ccccc2[C@@H]1CC(=O)N[C@H](C)c1cc2ccccc2o1. The molecule has 0 fully saturated rings. The lowest BCUT2D eigenvalue weighted by atomic mass is 9.93. The Morgan fingerprint density at radius 1 is 1.14 bits per heavy atom. The van der Waals surface area contributed by atoms with Crippen molar-refractivity contribution in [2.45, 2.75) is 32.4 Å². The molecular formula is C23H22N2O3. The van der Waals surface area contributed by atoms with Gasteiger partial charge in [-0.2, -0.15) is 0 Å². The Bertz CT molecular complexity index is 1030. The lowest BCUT2D eigenvalue weighted by Gasteiger charge is -2.32. The van der Waals surface area contributed by atoms with Crippen molar-refractivity contribution in [3.05, 3.63) is 77.7 Å². The number of benzene rings is 2. The van der Waals surface area contributed by atoms with Crippen LogP contribution >= 0.6 is 0 Å². The van der Waals surface area contributed by atoms with Crippen LogP contribution in [0.15, 0.2) is 65.2 Å². The molecule has 4 rings (SSSR count). The zero-order chi connectivity index (χ0) is 19.7. The molecule has 5 heteroatoms. The molecule has 0 spiro atoms. The minimum atomic E-state index is -0.318. The number of amides is 2. The Balaban J connectivity index is 1.51. The van der Waals surface area contributed by atoms with Crippen molar-refractivity contribution in [1.29, 1.82) is 0 Å². The van der Waals surface area contributed by atoms with E-state index in [0.717, 1.165) is 22.1 Å². The number of hydrogen-bond acceptors (Lipinski definition) is 3. The van der Waals surface area contributed by atoms with Gasteiger partial charge in [0.05, 0.1) is 18.5 Å². The molecule has 1 aliphatic heterocycles. The number of para-hydroxylation sites is 1. The van der Waals surface area contributed by atoms with E-state index in [0.29, 0.717) is 5.76 Å². The van der Waals surface area contributed by atoms with Crippen molar-refractivity contribution in [3.63, 3.8) is 0 Å². The van der Waals surface area contributed by atoms with Crippen molar-refractivity contribution in [2.24, 2.45) is 0 Å². The number of carbonyl (C=O) groups excluding carboxylic acids is 2. The highest BCUT2D eigenvalue weighted by Crippen LogP contribution is 2.33. The average molecular weight is 374 g/mol. The van der Waals surface area contributed by atoms with Gasteiger partial charge >= 0.3 is 0 Å². The van der Waals surface area contributed by atoms with Crippen molar-refractivity contribution in [1.82, 2.24) is 10.2 Å². The average Bonchev–Trinajstić information content (AvgIpc) is 3.12. The molecule has 5 nitrogen and oxygen atoms in total. The Hall–Kier alpha value is -3.34. The van der Waals surface area contributed by atoms with Crippen LogP contribution in [-0.2, 0) is 9.59 Å². The highest BCUT2D eigenvalue weighted by atomic mass is 16.3. The molecule has 0 bridgehead atoms. The fourth-order valence-electron chi connectivity index (χ4n) is 3.68. The summed E-state index contributed by atoms with van der Waals surface area (Å²) in [5.74, 6) is 0.491. The van der Waals surface area contributed by atoms with Gasteiger partial charge in [-0.05, 0) is 36.3 Å². The van der Waals surface area contributed by atoms with E-state index in [1.807, 2.05) is 67.6 Å². The smallest absolute Gasteiger partial charge is 0.223 e. The van der Waals surface area contributed by atoms with Gasteiger partial charge in [-0.25, -0.2) is 0 Å². The lowest BCUT2D eigenvalue weighted by Crippen LogP contribution is -2.35. The number of carbonyl (C=O) groups is 2. The molecule has 0 saturated heterocycles. The van der Waals surface area contributed by atoms with Gasteiger partial charge < -0.3 is 14.6 Å². The summed E-state index contributed by atoms with van der Waals surface area (Å²) in [4.78, 5) is 26.5. The minimum absolute atomic E-state index is 0.0890. The fraction of sp³-hybridized carbons (Fsp3) is 0.217. The second kappa shape index (κ2) is 7.35. The van der Waals surface area contributed by atoms with Gasteiger partial charge in [-0.15, -0.1) is 0 Å². The molecule has 0 saturated carbocycles. The van der Waals surface area contributed by atoms with Crippen molar-refractivity contribution >= 4 is 28.9 Å². The van der Waals surface area contributed by atoms with E-state index in [1.165, 1.54) is 6.92 Å². The van der Waals surface area contributed by atoms with Gasteiger partial charge in [0.2, 0.25) is 11.8 Å². The van der Waals surface area contributed by atoms with Crippen LogP contribution in [-0.4, -0.2) is 16.7 Å². The molecule has 28 heavy (non-hydrogen) atoms. The standard InChI is InChI=1S/C23H22N2O3/c1-15(22-13-18-8-4-6-10-21(18)28-22)24-23(27)14-20-19-9-5-3-7-17(19)11-12-25(20)16(2)26/h3-13,15,20H,14H2,1-2H3,(H,24,27)/t15-,20+/m1/s1. The van der Waals surface area contributed by atoms with Gasteiger partial charge in [0.25, 0.3) is 0 Å². The van der Waals surface area contributed by atoms with Gasteiger partial charge in [-0.3, -0.25) is 9.59 Å². The van der Waals surface area contributed by atoms with Crippen LogP contribution in [0.4, 0.5) is 0 Å². The third-order valence-corrected chi connectivity index (χ3v) is 5.10. The Kier molecular flexibility index (Phi) is 4.74. The zero-order valence-corrected chi connectivity index (χ0v) is 15.9. The van der Waals surface area contributed by atoms with E-state index in [9.17, 15) is 9.59 Å². The molecule has 0 unspecified atom stereocenters. The highest BCUT2D eigenvalue weighted by Gasteiger charge is 2.28. The van der Waals surface area contributed by atoms with Crippen LogP contribution in [0.25, 0.3) is 17.0 Å². The Labute approximate surface area is 163 Å². The van der Waals surface area contributed by atoms with Crippen LogP contribution in [0.3, 0.4) is 0 Å². The second-order valence-corrected chi connectivity index (χ2v) is 7.07. The molecule has 1 aromatic heterocycles. The van der Waals surface area contributed by atoms with Crippen LogP contribution in [0, 0.1) is 0 Å². The van der Waals surface area contributed by atoms with Crippen molar-refractivity contribution in [3.8, 4) is 0 Å². The van der Waals surface area contributed by atoms with Gasteiger partial charge in [0, 0.05) is 18.5 Å². The van der Waals surface area contributed by atoms with E-state index in [2.05, 4.69) is 5.32 Å². The summed E-state index contributed by atoms with van der Waals surface area (Å²) in [5.41, 5.74) is 2.81. The molecule has 1 N–H and O–H groups in total. The highest BCUT2D eigenvalue weighted by molar-refractivity contribution is 5.82. The third kappa shape index (κ3) is 3.43. The molecule has 3 aromatic rings. The number of furan rings is 1. The number of nitrogens with one attached hydrogen (secondary N) is 1. The number of nitrogens with zero attached hydrogens (tertiary/aromatic N) is 1. The molecule has 2 amide bonds. The molecule has 2 aromatic carbocycles. The van der Waals surface area contributed by atoms with Crippen LogP contribution in [0.1, 0.15) is 49.2 Å².